The number of anilines is 1. The Morgan fingerprint density at radius 2 is 1.71 bits per heavy atom. The Labute approximate surface area is 106 Å². The molecule has 0 radical (unpaired) electrons. The number of nitrogens with zero attached hydrogens (tertiary/aromatic N) is 2. The van der Waals surface area contributed by atoms with E-state index in [2.05, 4.69) is 43.0 Å². The molecule has 0 spiro atoms. The van der Waals surface area contributed by atoms with Crippen LogP contribution in [0.3, 0.4) is 0 Å². The molecule has 17 heavy (non-hydrogen) atoms. The lowest BCUT2D eigenvalue weighted by Gasteiger charge is -2.16. The summed E-state index contributed by atoms with van der Waals surface area (Å²) in [5, 5.41) is 0. The molecule has 0 atom stereocenters. The minimum Gasteiger partial charge on any atom is -0.378 e. The quantitative estimate of drug-likeness (QED) is 0.764. The van der Waals surface area contributed by atoms with Gasteiger partial charge in [-0.05, 0) is 31.9 Å². The first-order chi connectivity index (χ1) is 8.16. The Hall–Kier alpha value is -1.05. The summed E-state index contributed by atoms with van der Waals surface area (Å²) in [5.74, 6) is 0.712. The molecule has 0 saturated heterocycles. The summed E-state index contributed by atoms with van der Waals surface area (Å²) in [7, 11) is 4.18. The molecule has 0 unspecified atom stereocenters. The highest BCUT2D eigenvalue weighted by Crippen LogP contribution is 2.34. The Morgan fingerprint density at radius 3 is 2.24 bits per heavy atom. The second-order valence-electron chi connectivity index (χ2n) is 4.77. The highest BCUT2D eigenvalue weighted by Gasteiger charge is 2.19. The minimum absolute atomic E-state index is 0.712. The van der Waals surface area contributed by atoms with Crippen molar-refractivity contribution in [3.05, 3.63) is 23.5 Å². The monoisotopic (exact) mass is 234 g/mol. The lowest BCUT2D eigenvalue weighted by atomic mass is 10.0. The van der Waals surface area contributed by atoms with Crippen molar-refractivity contribution in [3.63, 3.8) is 0 Å². The molecule has 1 saturated carbocycles. The lowest BCUT2D eigenvalue weighted by molar-refractivity contribution is 0.694. The standard InChI is InChI=1S/C13H20N2.C2H6/c1-10-8-12(15(2)3)9-13(14-10)11-6-4-5-7-11;1-2/h8-9,11H,4-7H2,1-3H3;1-2H3. The second kappa shape index (κ2) is 6.63. The van der Waals surface area contributed by atoms with Crippen LogP contribution in [0.15, 0.2) is 12.1 Å². The fourth-order valence-corrected chi connectivity index (χ4v) is 2.36. The van der Waals surface area contributed by atoms with Gasteiger partial charge in [-0.15, -0.1) is 0 Å². The summed E-state index contributed by atoms with van der Waals surface area (Å²) in [4.78, 5) is 6.83. The normalized spacial score (nSPS) is 15.4. The molecule has 1 aliphatic carbocycles. The third-order valence-electron chi connectivity index (χ3n) is 3.25. The smallest absolute Gasteiger partial charge is 0.0458 e. The fraction of sp³-hybridized carbons (Fsp3) is 0.667. The van der Waals surface area contributed by atoms with Gasteiger partial charge in [0.2, 0.25) is 0 Å². The molecule has 1 aromatic heterocycles. The maximum Gasteiger partial charge on any atom is 0.0458 e. The Kier molecular flexibility index (Phi) is 5.46. The molecular formula is C15H26N2. The van der Waals surface area contributed by atoms with Gasteiger partial charge in [0.25, 0.3) is 0 Å². The van der Waals surface area contributed by atoms with Crippen LogP contribution in [0.2, 0.25) is 0 Å². The average Bonchev–Trinajstić information content (AvgIpc) is 2.84. The first-order valence-corrected chi connectivity index (χ1v) is 6.83. The van der Waals surface area contributed by atoms with Crippen molar-refractivity contribution in [1.82, 2.24) is 4.98 Å². The molecule has 1 heterocycles. The summed E-state index contributed by atoms with van der Waals surface area (Å²) in [6, 6.07) is 4.40. The van der Waals surface area contributed by atoms with Crippen molar-refractivity contribution >= 4 is 5.69 Å². The number of hydrogen-bond donors (Lipinski definition) is 0. The molecule has 1 aliphatic rings. The minimum atomic E-state index is 0.712. The van der Waals surface area contributed by atoms with Crippen LogP contribution < -0.4 is 4.90 Å². The van der Waals surface area contributed by atoms with Crippen molar-refractivity contribution in [2.24, 2.45) is 0 Å². The van der Waals surface area contributed by atoms with E-state index in [0.29, 0.717) is 5.92 Å². The molecule has 2 nitrogen and oxygen atoms in total. The van der Waals surface area contributed by atoms with Gasteiger partial charge in [-0.1, -0.05) is 26.7 Å². The van der Waals surface area contributed by atoms with Crippen LogP contribution in [0.4, 0.5) is 5.69 Å². The van der Waals surface area contributed by atoms with Crippen LogP contribution in [0.25, 0.3) is 0 Å². The summed E-state index contributed by atoms with van der Waals surface area (Å²) >= 11 is 0. The predicted octanol–water partition coefficient (Wildman–Crippen LogP) is 4.14. The van der Waals surface area contributed by atoms with E-state index in [-0.39, 0.29) is 0 Å². The summed E-state index contributed by atoms with van der Waals surface area (Å²) in [5.41, 5.74) is 3.73. The van der Waals surface area contributed by atoms with Crippen molar-refractivity contribution in [1.29, 1.82) is 0 Å². The van der Waals surface area contributed by atoms with Gasteiger partial charge in [0.15, 0.2) is 0 Å². The van der Waals surface area contributed by atoms with Crippen molar-refractivity contribution in [2.75, 3.05) is 19.0 Å². The first-order valence-electron chi connectivity index (χ1n) is 6.83. The molecule has 0 amide bonds. The Balaban J connectivity index is 0.000000686. The van der Waals surface area contributed by atoms with Crippen LogP contribution in [-0.2, 0) is 0 Å². The third kappa shape index (κ3) is 3.72. The topological polar surface area (TPSA) is 16.1 Å². The summed E-state index contributed by atoms with van der Waals surface area (Å²) < 4.78 is 0. The highest BCUT2D eigenvalue weighted by atomic mass is 15.1. The molecule has 1 fully saturated rings. The molecule has 0 N–H and O–H groups in total. The van der Waals surface area contributed by atoms with E-state index in [1.165, 1.54) is 37.1 Å². The van der Waals surface area contributed by atoms with Crippen molar-refractivity contribution in [3.8, 4) is 0 Å². The van der Waals surface area contributed by atoms with Gasteiger partial charge in [0, 0.05) is 37.1 Å². The molecule has 0 aliphatic heterocycles. The zero-order chi connectivity index (χ0) is 12.8. The van der Waals surface area contributed by atoms with E-state index in [4.69, 9.17) is 0 Å². The Morgan fingerprint density at radius 1 is 1.12 bits per heavy atom. The highest BCUT2D eigenvalue weighted by molar-refractivity contribution is 5.47. The van der Waals surface area contributed by atoms with Gasteiger partial charge in [-0.2, -0.15) is 0 Å². The predicted molar refractivity (Wildman–Crippen MR) is 75.9 cm³/mol. The van der Waals surface area contributed by atoms with E-state index in [9.17, 15) is 0 Å². The molecular weight excluding hydrogens is 208 g/mol. The van der Waals surface area contributed by atoms with Gasteiger partial charge in [-0.3, -0.25) is 4.98 Å². The van der Waals surface area contributed by atoms with Gasteiger partial charge in [0.05, 0.1) is 0 Å². The van der Waals surface area contributed by atoms with Gasteiger partial charge < -0.3 is 4.90 Å². The summed E-state index contributed by atoms with van der Waals surface area (Å²) in [6.45, 7) is 6.09. The first kappa shape index (κ1) is 14.0. The van der Waals surface area contributed by atoms with Crippen molar-refractivity contribution in [2.45, 2.75) is 52.4 Å². The SMILES string of the molecule is CC.Cc1cc(N(C)C)cc(C2CCCC2)n1. The van der Waals surface area contributed by atoms with Gasteiger partial charge in [-0.25, -0.2) is 0 Å². The molecule has 0 aromatic carbocycles. The van der Waals surface area contributed by atoms with Crippen molar-refractivity contribution < 1.29 is 0 Å². The van der Waals surface area contributed by atoms with Crippen LogP contribution in [0.5, 0.6) is 0 Å². The van der Waals surface area contributed by atoms with Gasteiger partial charge >= 0.3 is 0 Å². The van der Waals surface area contributed by atoms with E-state index in [1.54, 1.807) is 0 Å². The fourth-order valence-electron chi connectivity index (χ4n) is 2.36. The molecule has 96 valence electrons. The average molecular weight is 234 g/mol. The maximum atomic E-state index is 4.67. The van der Waals surface area contributed by atoms with Crippen LogP contribution >= 0.6 is 0 Å². The number of rotatable bonds is 2. The number of aromatic nitrogens is 1. The van der Waals surface area contributed by atoms with Crippen LogP contribution in [0.1, 0.15) is 56.8 Å². The largest absolute Gasteiger partial charge is 0.378 e. The lowest BCUT2D eigenvalue weighted by Crippen LogP contribution is -2.10. The zero-order valence-electron chi connectivity index (χ0n) is 12.0. The van der Waals surface area contributed by atoms with E-state index in [1.807, 2.05) is 13.8 Å². The number of aryl methyl sites for hydroxylation is 1. The van der Waals surface area contributed by atoms with Crippen LogP contribution in [-0.4, -0.2) is 19.1 Å². The molecule has 2 heteroatoms. The molecule has 2 rings (SSSR count). The third-order valence-corrected chi connectivity index (χ3v) is 3.25. The summed E-state index contributed by atoms with van der Waals surface area (Å²) in [6.07, 6.45) is 5.39. The second-order valence-corrected chi connectivity index (χ2v) is 4.77. The maximum absolute atomic E-state index is 4.67. The van der Waals surface area contributed by atoms with E-state index in [0.717, 1.165) is 5.69 Å². The van der Waals surface area contributed by atoms with E-state index < -0.39 is 0 Å². The molecule has 1 aromatic rings. The number of pyridine rings is 1. The van der Waals surface area contributed by atoms with E-state index >= 15 is 0 Å². The Bertz CT molecular complexity index is 339. The number of hydrogen-bond acceptors (Lipinski definition) is 2. The zero-order valence-corrected chi connectivity index (χ0v) is 12.0. The molecule has 0 bridgehead atoms. The van der Waals surface area contributed by atoms with Crippen LogP contribution in [0, 0.1) is 6.92 Å². The van der Waals surface area contributed by atoms with Gasteiger partial charge in [0.1, 0.15) is 0 Å².